The van der Waals surface area contributed by atoms with Crippen molar-refractivity contribution in [3.63, 3.8) is 0 Å². The fourth-order valence-corrected chi connectivity index (χ4v) is 1.77. The average Bonchev–Trinajstić information content (AvgIpc) is 2.04. The number of benzene rings is 1. The molecule has 2 N–H and O–H groups in total. The van der Waals surface area contributed by atoms with Crippen molar-refractivity contribution in [1.29, 1.82) is 0 Å². The van der Waals surface area contributed by atoms with Crippen LogP contribution in [0.2, 0.25) is 5.02 Å². The van der Waals surface area contributed by atoms with Gasteiger partial charge in [-0.15, -0.1) is 0 Å². The van der Waals surface area contributed by atoms with E-state index >= 15 is 0 Å². The maximum Gasteiger partial charge on any atom is 0.0456 e. The molecule has 0 radical (unpaired) electrons. The molecule has 0 saturated heterocycles. The molecule has 0 aliphatic heterocycles. The van der Waals surface area contributed by atoms with Gasteiger partial charge in [-0.05, 0) is 30.5 Å². The van der Waals surface area contributed by atoms with E-state index in [1.165, 1.54) is 5.56 Å². The second kappa shape index (κ2) is 4.64. The van der Waals surface area contributed by atoms with Gasteiger partial charge in [0, 0.05) is 11.1 Å². The smallest absolute Gasteiger partial charge is 0.0456 e. The van der Waals surface area contributed by atoms with E-state index < -0.39 is 0 Å². The number of hydrogen-bond acceptors (Lipinski definition) is 1. The Hall–Kier alpha value is -0.530. The topological polar surface area (TPSA) is 26.0 Å². The lowest BCUT2D eigenvalue weighted by Gasteiger charge is -2.12. The molecule has 2 heteroatoms. The summed E-state index contributed by atoms with van der Waals surface area (Å²) in [4.78, 5) is 0. The van der Waals surface area contributed by atoms with Crippen LogP contribution in [0.4, 0.5) is 0 Å². The molecule has 0 fully saturated rings. The van der Waals surface area contributed by atoms with Crippen LogP contribution in [0.5, 0.6) is 0 Å². The summed E-state index contributed by atoms with van der Waals surface area (Å²) >= 11 is 6.08. The van der Waals surface area contributed by atoms with Crippen molar-refractivity contribution in [3.8, 4) is 0 Å². The molecule has 13 heavy (non-hydrogen) atoms. The number of hydrogen-bond donors (Lipinski definition) is 1. The quantitative estimate of drug-likeness (QED) is 0.790. The highest BCUT2D eigenvalue weighted by molar-refractivity contribution is 6.31. The number of aryl methyl sites for hydroxylation is 1. The first-order valence-corrected chi connectivity index (χ1v) is 5.04. The largest absolute Gasteiger partial charge is 0.324 e. The zero-order valence-corrected chi connectivity index (χ0v) is 8.93. The van der Waals surface area contributed by atoms with Crippen LogP contribution in [0.3, 0.4) is 0 Å². The van der Waals surface area contributed by atoms with Crippen LogP contribution in [0.25, 0.3) is 0 Å². The summed E-state index contributed by atoms with van der Waals surface area (Å²) in [5, 5.41) is 0.793. The van der Waals surface area contributed by atoms with Crippen LogP contribution < -0.4 is 5.73 Å². The van der Waals surface area contributed by atoms with Gasteiger partial charge in [0.1, 0.15) is 0 Å². The normalized spacial score (nSPS) is 12.9. The molecule has 0 spiro atoms. The Balaban J connectivity index is 2.88. The van der Waals surface area contributed by atoms with E-state index in [0.717, 1.165) is 23.4 Å². The highest BCUT2D eigenvalue weighted by Crippen LogP contribution is 2.25. The number of nitrogens with two attached hydrogens (primary N) is 1. The maximum absolute atomic E-state index is 6.08. The highest BCUT2D eigenvalue weighted by Gasteiger charge is 2.08. The predicted octanol–water partition coefficient (Wildman–Crippen LogP) is 3.45. The molecule has 0 heterocycles. The minimum atomic E-state index is 0.0816. The molecule has 0 saturated carbocycles. The lowest BCUT2D eigenvalue weighted by molar-refractivity contribution is 0.638. The maximum atomic E-state index is 6.08. The van der Waals surface area contributed by atoms with Crippen molar-refractivity contribution >= 4 is 11.6 Å². The third-order valence-electron chi connectivity index (χ3n) is 2.16. The molecule has 1 aromatic rings. The summed E-state index contributed by atoms with van der Waals surface area (Å²) < 4.78 is 0. The van der Waals surface area contributed by atoms with Gasteiger partial charge < -0.3 is 5.73 Å². The zero-order chi connectivity index (χ0) is 9.84. The van der Waals surface area contributed by atoms with Gasteiger partial charge in [-0.3, -0.25) is 0 Å². The van der Waals surface area contributed by atoms with Gasteiger partial charge in [-0.1, -0.05) is 37.1 Å². The fourth-order valence-electron chi connectivity index (χ4n) is 1.40. The highest BCUT2D eigenvalue weighted by atomic mass is 35.5. The summed E-state index contributed by atoms with van der Waals surface area (Å²) in [6.07, 6.45) is 2.08. The summed E-state index contributed by atoms with van der Waals surface area (Å²) in [5.74, 6) is 0. The molecule has 0 aliphatic rings. The molecule has 0 aliphatic carbocycles. The number of rotatable bonds is 3. The van der Waals surface area contributed by atoms with E-state index in [9.17, 15) is 0 Å². The Morgan fingerprint density at radius 3 is 2.69 bits per heavy atom. The van der Waals surface area contributed by atoms with Gasteiger partial charge in [-0.25, -0.2) is 0 Å². The van der Waals surface area contributed by atoms with E-state index in [1.54, 1.807) is 0 Å². The molecule has 1 aromatic carbocycles. The van der Waals surface area contributed by atoms with E-state index in [0.29, 0.717) is 0 Å². The van der Waals surface area contributed by atoms with Crippen LogP contribution >= 0.6 is 11.6 Å². The molecule has 0 bridgehead atoms. The van der Waals surface area contributed by atoms with Crippen LogP contribution in [-0.2, 0) is 0 Å². The number of halogens is 1. The average molecular weight is 198 g/mol. The van der Waals surface area contributed by atoms with E-state index in [2.05, 4.69) is 13.0 Å². The first kappa shape index (κ1) is 10.6. The van der Waals surface area contributed by atoms with Crippen LogP contribution in [-0.4, -0.2) is 0 Å². The summed E-state index contributed by atoms with van der Waals surface area (Å²) in [6.45, 7) is 4.16. The molecular weight excluding hydrogens is 182 g/mol. The molecule has 1 atom stereocenters. The van der Waals surface area contributed by atoms with Crippen molar-refractivity contribution in [1.82, 2.24) is 0 Å². The summed E-state index contributed by atoms with van der Waals surface area (Å²) in [6, 6.07) is 6.12. The molecule has 0 amide bonds. The third kappa shape index (κ3) is 2.71. The molecule has 0 aromatic heterocycles. The van der Waals surface area contributed by atoms with Gasteiger partial charge >= 0.3 is 0 Å². The van der Waals surface area contributed by atoms with Gasteiger partial charge in [0.15, 0.2) is 0 Å². The molecular formula is C11H16ClN. The SMILES string of the molecule is CCC[C@@H](N)c1ccc(C)cc1Cl. The first-order chi connectivity index (χ1) is 6.15. The van der Waals surface area contributed by atoms with Crippen molar-refractivity contribution in [2.24, 2.45) is 5.73 Å². The lowest BCUT2D eigenvalue weighted by Crippen LogP contribution is -2.10. The summed E-state index contributed by atoms with van der Waals surface area (Å²) in [7, 11) is 0. The van der Waals surface area contributed by atoms with Crippen LogP contribution in [0.1, 0.15) is 36.9 Å². The van der Waals surface area contributed by atoms with Crippen molar-refractivity contribution in [2.75, 3.05) is 0 Å². The van der Waals surface area contributed by atoms with Gasteiger partial charge in [0.05, 0.1) is 0 Å². The Morgan fingerprint density at radius 2 is 2.15 bits per heavy atom. The monoisotopic (exact) mass is 197 g/mol. The predicted molar refractivity (Wildman–Crippen MR) is 58.0 cm³/mol. The Labute approximate surface area is 84.9 Å². The molecule has 0 unspecified atom stereocenters. The van der Waals surface area contributed by atoms with E-state index in [-0.39, 0.29) is 6.04 Å². The van der Waals surface area contributed by atoms with Gasteiger partial charge in [-0.2, -0.15) is 0 Å². The lowest BCUT2D eigenvalue weighted by atomic mass is 10.0. The summed E-state index contributed by atoms with van der Waals surface area (Å²) in [5.41, 5.74) is 8.21. The van der Waals surface area contributed by atoms with E-state index in [4.69, 9.17) is 17.3 Å². The minimum absolute atomic E-state index is 0.0816. The molecule has 1 rings (SSSR count). The van der Waals surface area contributed by atoms with Crippen molar-refractivity contribution in [2.45, 2.75) is 32.7 Å². The molecule has 1 nitrogen and oxygen atoms in total. The van der Waals surface area contributed by atoms with Gasteiger partial charge in [0.25, 0.3) is 0 Å². The zero-order valence-electron chi connectivity index (χ0n) is 8.18. The Bertz CT molecular complexity index is 283. The van der Waals surface area contributed by atoms with Crippen molar-refractivity contribution in [3.05, 3.63) is 34.3 Å². The van der Waals surface area contributed by atoms with Crippen molar-refractivity contribution < 1.29 is 0 Å². The Kier molecular flexibility index (Phi) is 3.76. The minimum Gasteiger partial charge on any atom is -0.324 e. The van der Waals surface area contributed by atoms with Gasteiger partial charge in [0.2, 0.25) is 0 Å². The molecule has 72 valence electrons. The fraction of sp³-hybridized carbons (Fsp3) is 0.455. The second-order valence-corrected chi connectivity index (χ2v) is 3.83. The Morgan fingerprint density at radius 1 is 1.46 bits per heavy atom. The third-order valence-corrected chi connectivity index (χ3v) is 2.48. The van der Waals surface area contributed by atoms with E-state index in [1.807, 2.05) is 19.1 Å². The standard InChI is InChI=1S/C11H16ClN/c1-3-4-11(13)9-6-5-8(2)7-10(9)12/h5-7,11H,3-4,13H2,1-2H3/t11-/m1/s1. The van der Waals surface area contributed by atoms with Crippen LogP contribution in [0.15, 0.2) is 18.2 Å². The van der Waals surface area contributed by atoms with Crippen LogP contribution in [0, 0.1) is 6.92 Å². The second-order valence-electron chi connectivity index (χ2n) is 3.42. The first-order valence-electron chi connectivity index (χ1n) is 4.66.